The molecule has 0 aliphatic carbocycles. The normalized spacial score (nSPS) is 13.9. The molecule has 0 atom stereocenters. The molecule has 0 aliphatic heterocycles. The molecule has 12 heteroatoms. The maximum Gasteiger partial charge on any atom is 1.00 e. The first kappa shape index (κ1) is 22.5. The first-order chi connectivity index (χ1) is 5.75. The molecule has 0 radical (unpaired) electrons. The second kappa shape index (κ2) is 5.96. The molecule has 0 aromatic carbocycles. The molecule has 0 N–H and O–H groups in total. The molecule has 0 bridgehead atoms. The van der Waals surface area contributed by atoms with Crippen molar-refractivity contribution in [1.82, 2.24) is 0 Å². The van der Waals surface area contributed by atoms with Crippen molar-refractivity contribution < 1.29 is 106 Å². The summed E-state index contributed by atoms with van der Waals surface area (Å²) in [5, 5.41) is 0. The minimum atomic E-state index is -7.14. The summed E-state index contributed by atoms with van der Waals surface area (Å²) in [4.78, 5) is 0. The van der Waals surface area contributed by atoms with Crippen LogP contribution in [-0.4, -0.2) is 24.2 Å². The van der Waals surface area contributed by atoms with E-state index in [0.717, 1.165) is 0 Å². The average Bonchev–Trinajstić information content (AvgIpc) is 1.81. The Kier molecular flexibility index (Phi) is 8.37. The number of rotatable bonds is 1. The third-order valence-corrected chi connectivity index (χ3v) is 1.11. The van der Waals surface area contributed by atoms with Gasteiger partial charge in [0.2, 0.25) is 0 Å². The van der Waals surface area contributed by atoms with Crippen LogP contribution in [-0.2, 0) is 0 Å². The summed E-state index contributed by atoms with van der Waals surface area (Å²) in [6.45, 7) is 0. The van der Waals surface area contributed by atoms with Gasteiger partial charge in [0.25, 0.3) is 0 Å². The van der Waals surface area contributed by atoms with Gasteiger partial charge in [0.1, 0.15) is 0 Å². The van der Waals surface area contributed by atoms with E-state index >= 15 is 0 Å². The van der Waals surface area contributed by atoms with Gasteiger partial charge in [-0.25, -0.2) is 0 Å². The summed E-state index contributed by atoms with van der Waals surface area (Å²) in [6.07, 6.45) is -13.9. The maximum atomic E-state index is 11.6. The van der Waals surface area contributed by atoms with E-state index in [1.807, 2.05) is 0 Å². The van der Waals surface area contributed by atoms with Gasteiger partial charge in [0.05, 0.1) is 0 Å². The molecule has 0 spiro atoms. The van der Waals surface area contributed by atoms with Crippen molar-refractivity contribution >= 4 is 0 Å². The molecule has 0 saturated carbocycles. The summed E-state index contributed by atoms with van der Waals surface area (Å²) < 4.78 is 113. The number of halogens is 10. The predicted molar refractivity (Wildman–Crippen MR) is 24.2 cm³/mol. The van der Waals surface area contributed by atoms with E-state index in [1.165, 1.54) is 0 Å². The van der Waals surface area contributed by atoms with Crippen molar-refractivity contribution in [3.05, 3.63) is 0 Å². The molecular weight excluding hydrogens is 284 g/mol. The summed E-state index contributed by atoms with van der Waals surface area (Å²) in [7, 11) is 0. The molecule has 90 valence electrons. The first-order valence-electron chi connectivity index (χ1n) is 2.64. The van der Waals surface area contributed by atoms with Crippen LogP contribution in [0.3, 0.4) is 0 Å². The number of hydrogen-bond acceptors (Lipinski definition) is 0. The van der Waals surface area contributed by atoms with E-state index in [-0.39, 0.29) is 62.0 Å². The van der Waals surface area contributed by atoms with Gasteiger partial charge < -0.3 is 2.85 Å². The second-order valence-electron chi connectivity index (χ2n) is 2.14. The zero-order valence-corrected chi connectivity index (χ0v) is 11.8. The Morgan fingerprint density at radius 1 is 0.438 bits per heavy atom. The monoisotopic (exact) mass is 286 g/mol. The Morgan fingerprint density at radius 2 is 0.562 bits per heavy atom. The van der Waals surface area contributed by atoms with Gasteiger partial charge in [-0.05, 0) is 0 Å². The predicted octanol–water partition coefficient (Wildman–Crippen LogP) is -2.39. The fourth-order valence-electron chi connectivity index (χ4n) is 0.356. The Hall–Kier alpha value is 1.30. The average molecular weight is 286 g/mol. The van der Waals surface area contributed by atoms with E-state index in [9.17, 15) is 43.9 Å². The molecule has 0 aliphatic rings. The van der Waals surface area contributed by atoms with Crippen LogP contribution in [0.5, 0.6) is 0 Å². The molecule has 0 aromatic heterocycles. The quantitative estimate of drug-likeness (QED) is 0.373. The van der Waals surface area contributed by atoms with Crippen LogP contribution >= 0.6 is 0 Å². The molecule has 0 rings (SSSR count). The van der Waals surface area contributed by atoms with Crippen LogP contribution in [0.1, 0.15) is 2.85 Å². The molecule has 0 saturated heterocycles. The fraction of sp³-hybridized carbons (Fsp3) is 1.00. The van der Waals surface area contributed by atoms with Crippen LogP contribution in [0.4, 0.5) is 43.9 Å². The fourth-order valence-corrected chi connectivity index (χ4v) is 0.356. The van der Waals surface area contributed by atoms with Gasteiger partial charge in [-0.15, -0.1) is 0 Å². The zero-order valence-electron chi connectivity index (χ0n) is 9.78. The summed E-state index contributed by atoms with van der Waals surface area (Å²) in [5.41, 5.74) is 0. The smallest absolute Gasteiger partial charge is 1.00 e. The van der Waals surface area contributed by atoms with Crippen LogP contribution in [0, 0.1) is 0 Å². The molecule has 0 heterocycles. The Balaban J connectivity index is -0.000000141. The zero-order chi connectivity index (χ0) is 12.0. The summed E-state index contributed by atoms with van der Waals surface area (Å²) in [6, 6.07) is 0. The topological polar surface area (TPSA) is 0 Å². The van der Waals surface area contributed by atoms with E-state index in [0.29, 0.717) is 0 Å². The van der Waals surface area contributed by atoms with E-state index in [1.54, 1.807) is 0 Å². The third-order valence-electron chi connectivity index (χ3n) is 1.11. The molecule has 0 nitrogen and oxygen atoms in total. The molecule has 0 amide bonds. The van der Waals surface area contributed by atoms with E-state index < -0.39 is 24.2 Å². The van der Waals surface area contributed by atoms with E-state index in [4.69, 9.17) is 0 Å². The van der Waals surface area contributed by atoms with Crippen LogP contribution in [0.15, 0.2) is 0 Å². The molecule has 0 fully saturated rings. The second-order valence-corrected chi connectivity index (χ2v) is 2.14. The van der Waals surface area contributed by atoms with Gasteiger partial charge in [0.15, 0.2) is 0 Å². The van der Waals surface area contributed by atoms with Gasteiger partial charge in [-0.1, -0.05) is 0 Å². The Labute approximate surface area is 129 Å². The van der Waals surface area contributed by atoms with Gasteiger partial charge in [-0.2, -0.15) is 43.9 Å². The SMILES string of the molecule is FC(F)(F)C(F)(F)C(F)(F)C(F)(F)F.[H-].[H-].[Na+].[Na+]. The Bertz CT molecular complexity index is 199. The summed E-state index contributed by atoms with van der Waals surface area (Å²) in [5.74, 6) is -14.3. The van der Waals surface area contributed by atoms with Crippen molar-refractivity contribution in [1.29, 1.82) is 0 Å². The van der Waals surface area contributed by atoms with Crippen LogP contribution in [0.2, 0.25) is 0 Å². The number of hydrogen-bond donors (Lipinski definition) is 0. The molecule has 16 heavy (non-hydrogen) atoms. The summed E-state index contributed by atoms with van der Waals surface area (Å²) >= 11 is 0. The third kappa shape index (κ3) is 3.91. The van der Waals surface area contributed by atoms with Crippen LogP contribution < -0.4 is 59.1 Å². The standard InChI is InChI=1S/C4F10.2Na.2H/c5-1(6,3(9,10)11)2(7,8)4(12,13)14;;;;/q;2*+1;2*-1. The maximum absolute atomic E-state index is 11.6. The minimum Gasteiger partial charge on any atom is -1.00 e. The minimum absolute atomic E-state index is 0. The van der Waals surface area contributed by atoms with Crippen molar-refractivity contribution in [3.8, 4) is 0 Å². The van der Waals surface area contributed by atoms with Crippen molar-refractivity contribution in [2.75, 3.05) is 0 Å². The van der Waals surface area contributed by atoms with E-state index in [2.05, 4.69) is 0 Å². The van der Waals surface area contributed by atoms with Crippen molar-refractivity contribution in [3.63, 3.8) is 0 Å². The van der Waals surface area contributed by atoms with Crippen LogP contribution in [0.25, 0.3) is 0 Å². The number of alkyl halides is 10. The van der Waals surface area contributed by atoms with Gasteiger partial charge >= 0.3 is 83.3 Å². The molecule has 0 aromatic rings. The Morgan fingerprint density at radius 3 is 0.625 bits per heavy atom. The molecule has 0 unspecified atom stereocenters. The van der Waals surface area contributed by atoms with Crippen molar-refractivity contribution in [2.24, 2.45) is 0 Å². The molecular formula is C4H2F10Na2. The largest absolute Gasteiger partial charge is 1.00 e. The van der Waals surface area contributed by atoms with Crippen molar-refractivity contribution in [2.45, 2.75) is 24.2 Å². The first-order valence-corrected chi connectivity index (χ1v) is 2.64. The van der Waals surface area contributed by atoms with Gasteiger partial charge in [0, 0.05) is 0 Å². The van der Waals surface area contributed by atoms with Gasteiger partial charge in [-0.3, -0.25) is 0 Å².